The molecule has 1 aromatic rings. The SMILES string of the molecule is COc1c(C(NN)C2CCS(=O)(=O)C2)ccc(C)c1C. The minimum atomic E-state index is -2.93. The second kappa shape index (κ2) is 5.71. The maximum atomic E-state index is 11.7. The molecule has 1 saturated heterocycles. The van der Waals surface area contributed by atoms with Gasteiger partial charge in [0.2, 0.25) is 0 Å². The van der Waals surface area contributed by atoms with Crippen LogP contribution in [0.1, 0.15) is 29.2 Å². The predicted octanol–water partition coefficient (Wildman–Crippen LogP) is 1.25. The molecule has 0 spiro atoms. The first-order chi connectivity index (χ1) is 9.39. The van der Waals surface area contributed by atoms with Crippen molar-refractivity contribution in [1.29, 1.82) is 0 Å². The highest BCUT2D eigenvalue weighted by atomic mass is 32.2. The molecule has 0 aromatic heterocycles. The molecule has 2 unspecified atom stereocenters. The van der Waals surface area contributed by atoms with Crippen molar-refractivity contribution >= 4 is 9.84 Å². The monoisotopic (exact) mass is 298 g/mol. The fourth-order valence-electron chi connectivity index (χ4n) is 2.89. The molecule has 1 heterocycles. The number of benzene rings is 1. The van der Waals surface area contributed by atoms with Gasteiger partial charge in [0.25, 0.3) is 0 Å². The van der Waals surface area contributed by atoms with Crippen molar-refractivity contribution in [3.8, 4) is 5.75 Å². The molecule has 0 bridgehead atoms. The number of hydrogen-bond donors (Lipinski definition) is 2. The third-order valence-corrected chi connectivity index (χ3v) is 5.96. The lowest BCUT2D eigenvalue weighted by atomic mass is 9.90. The van der Waals surface area contributed by atoms with Crippen LogP contribution in [0.2, 0.25) is 0 Å². The van der Waals surface area contributed by atoms with E-state index < -0.39 is 9.84 Å². The lowest BCUT2D eigenvalue weighted by Crippen LogP contribution is -2.34. The van der Waals surface area contributed by atoms with E-state index in [2.05, 4.69) is 5.43 Å². The zero-order chi connectivity index (χ0) is 14.9. The first-order valence-electron chi connectivity index (χ1n) is 6.70. The van der Waals surface area contributed by atoms with Gasteiger partial charge in [-0.05, 0) is 37.3 Å². The molecule has 1 aromatic carbocycles. The minimum absolute atomic E-state index is 0.0130. The van der Waals surface area contributed by atoms with E-state index in [1.165, 1.54) is 0 Å². The van der Waals surface area contributed by atoms with Crippen LogP contribution in [-0.4, -0.2) is 27.0 Å². The van der Waals surface area contributed by atoms with E-state index in [-0.39, 0.29) is 23.5 Å². The zero-order valence-electron chi connectivity index (χ0n) is 12.1. The zero-order valence-corrected chi connectivity index (χ0v) is 13.0. The third-order valence-electron chi connectivity index (χ3n) is 4.16. The molecular weight excluding hydrogens is 276 g/mol. The van der Waals surface area contributed by atoms with Crippen LogP contribution in [0.3, 0.4) is 0 Å². The number of hydrazine groups is 1. The van der Waals surface area contributed by atoms with Gasteiger partial charge in [-0.2, -0.15) is 0 Å². The maximum Gasteiger partial charge on any atom is 0.150 e. The Morgan fingerprint density at radius 1 is 1.40 bits per heavy atom. The molecular formula is C14H22N2O3S. The van der Waals surface area contributed by atoms with E-state index in [9.17, 15) is 8.42 Å². The third kappa shape index (κ3) is 2.82. The topological polar surface area (TPSA) is 81.4 Å². The van der Waals surface area contributed by atoms with E-state index >= 15 is 0 Å². The Morgan fingerprint density at radius 3 is 2.60 bits per heavy atom. The Bertz CT molecular complexity index is 599. The smallest absolute Gasteiger partial charge is 0.150 e. The van der Waals surface area contributed by atoms with E-state index in [4.69, 9.17) is 10.6 Å². The van der Waals surface area contributed by atoms with Gasteiger partial charge in [-0.25, -0.2) is 8.42 Å². The van der Waals surface area contributed by atoms with E-state index in [1.54, 1.807) is 7.11 Å². The molecule has 6 heteroatoms. The van der Waals surface area contributed by atoms with Gasteiger partial charge >= 0.3 is 0 Å². The molecule has 0 aliphatic carbocycles. The number of sulfone groups is 1. The van der Waals surface area contributed by atoms with Crippen LogP contribution in [0, 0.1) is 19.8 Å². The van der Waals surface area contributed by atoms with Gasteiger partial charge in [0.15, 0.2) is 9.84 Å². The summed E-state index contributed by atoms with van der Waals surface area (Å²) in [6.45, 7) is 4.02. The number of methoxy groups -OCH3 is 1. The van der Waals surface area contributed by atoms with Crippen LogP contribution < -0.4 is 16.0 Å². The summed E-state index contributed by atoms with van der Waals surface area (Å²) in [4.78, 5) is 0. The number of nitrogens with one attached hydrogen (secondary N) is 1. The van der Waals surface area contributed by atoms with E-state index in [0.717, 1.165) is 22.4 Å². The summed E-state index contributed by atoms with van der Waals surface area (Å²) in [5.74, 6) is 6.88. The summed E-state index contributed by atoms with van der Waals surface area (Å²) in [5.41, 5.74) is 5.91. The lowest BCUT2D eigenvalue weighted by Gasteiger charge is -2.25. The number of ether oxygens (including phenoxy) is 1. The normalized spacial score (nSPS) is 22.7. The fourth-order valence-corrected chi connectivity index (χ4v) is 4.73. The summed E-state index contributed by atoms with van der Waals surface area (Å²) in [6.07, 6.45) is 0.632. The molecule has 20 heavy (non-hydrogen) atoms. The summed E-state index contributed by atoms with van der Waals surface area (Å²) >= 11 is 0. The summed E-state index contributed by atoms with van der Waals surface area (Å²) < 4.78 is 28.8. The summed E-state index contributed by atoms with van der Waals surface area (Å²) in [7, 11) is -1.30. The quantitative estimate of drug-likeness (QED) is 0.646. The molecule has 0 saturated carbocycles. The van der Waals surface area contributed by atoms with Crippen molar-refractivity contribution in [2.45, 2.75) is 26.3 Å². The van der Waals surface area contributed by atoms with Crippen LogP contribution in [0.25, 0.3) is 0 Å². The Morgan fingerprint density at radius 2 is 2.10 bits per heavy atom. The molecule has 2 rings (SSSR count). The number of aryl methyl sites for hydroxylation is 1. The molecule has 1 aliphatic heterocycles. The predicted molar refractivity (Wildman–Crippen MR) is 79.3 cm³/mol. The number of hydrogen-bond acceptors (Lipinski definition) is 5. The van der Waals surface area contributed by atoms with Gasteiger partial charge < -0.3 is 4.74 Å². The van der Waals surface area contributed by atoms with Crippen LogP contribution in [0.4, 0.5) is 0 Å². The minimum Gasteiger partial charge on any atom is -0.496 e. The first kappa shape index (κ1) is 15.3. The van der Waals surface area contributed by atoms with E-state index in [0.29, 0.717) is 6.42 Å². The average Bonchev–Trinajstić information content (AvgIpc) is 2.75. The van der Waals surface area contributed by atoms with Crippen molar-refractivity contribution in [3.63, 3.8) is 0 Å². The molecule has 112 valence electrons. The Kier molecular flexibility index (Phi) is 4.36. The van der Waals surface area contributed by atoms with Crippen molar-refractivity contribution < 1.29 is 13.2 Å². The second-order valence-corrected chi connectivity index (χ2v) is 7.67. The van der Waals surface area contributed by atoms with Crippen molar-refractivity contribution in [2.24, 2.45) is 11.8 Å². The van der Waals surface area contributed by atoms with Gasteiger partial charge in [-0.3, -0.25) is 11.3 Å². The molecule has 2 atom stereocenters. The van der Waals surface area contributed by atoms with Gasteiger partial charge in [0.05, 0.1) is 24.7 Å². The largest absolute Gasteiger partial charge is 0.496 e. The highest BCUT2D eigenvalue weighted by Gasteiger charge is 2.35. The number of nitrogens with two attached hydrogens (primary N) is 1. The molecule has 5 nitrogen and oxygen atoms in total. The average molecular weight is 298 g/mol. The van der Waals surface area contributed by atoms with Crippen molar-refractivity contribution in [3.05, 3.63) is 28.8 Å². The second-order valence-electron chi connectivity index (χ2n) is 5.44. The van der Waals surface area contributed by atoms with Crippen LogP contribution in [0.15, 0.2) is 12.1 Å². The van der Waals surface area contributed by atoms with Crippen molar-refractivity contribution in [2.75, 3.05) is 18.6 Å². The maximum absolute atomic E-state index is 11.7. The standard InChI is InChI=1S/C14H22N2O3S/c1-9-4-5-12(14(19-3)10(9)2)13(16-15)11-6-7-20(17,18)8-11/h4-5,11,13,16H,6-8,15H2,1-3H3. The summed E-state index contributed by atoms with van der Waals surface area (Å²) in [6, 6.07) is 3.78. The molecule has 3 N–H and O–H groups in total. The van der Waals surface area contributed by atoms with Crippen molar-refractivity contribution in [1.82, 2.24) is 5.43 Å². The van der Waals surface area contributed by atoms with Gasteiger partial charge in [-0.15, -0.1) is 0 Å². The van der Waals surface area contributed by atoms with Gasteiger partial charge in [-0.1, -0.05) is 12.1 Å². The molecule has 0 radical (unpaired) electrons. The highest BCUT2D eigenvalue weighted by Crippen LogP contribution is 2.37. The molecule has 0 amide bonds. The Hall–Kier alpha value is -1.11. The van der Waals surface area contributed by atoms with Crippen LogP contribution >= 0.6 is 0 Å². The van der Waals surface area contributed by atoms with E-state index in [1.807, 2.05) is 26.0 Å². The number of rotatable bonds is 4. The Labute approximate surface area is 120 Å². The van der Waals surface area contributed by atoms with Crippen LogP contribution in [-0.2, 0) is 9.84 Å². The lowest BCUT2D eigenvalue weighted by molar-refractivity contribution is 0.362. The Balaban J connectivity index is 2.40. The van der Waals surface area contributed by atoms with Crippen LogP contribution in [0.5, 0.6) is 5.75 Å². The molecule has 1 aliphatic rings. The fraction of sp³-hybridized carbons (Fsp3) is 0.571. The summed E-state index contributed by atoms with van der Waals surface area (Å²) in [5, 5.41) is 0. The molecule has 1 fully saturated rings. The van der Waals surface area contributed by atoms with Gasteiger partial charge in [0, 0.05) is 5.56 Å². The van der Waals surface area contributed by atoms with Gasteiger partial charge in [0.1, 0.15) is 5.75 Å². The highest BCUT2D eigenvalue weighted by molar-refractivity contribution is 7.91. The first-order valence-corrected chi connectivity index (χ1v) is 8.52.